The van der Waals surface area contributed by atoms with E-state index < -0.39 is 0 Å². The van der Waals surface area contributed by atoms with Crippen LogP contribution in [0.5, 0.6) is 0 Å². The van der Waals surface area contributed by atoms with E-state index in [0.717, 1.165) is 35.0 Å². The van der Waals surface area contributed by atoms with Gasteiger partial charge in [-0.25, -0.2) is 0 Å². The highest BCUT2D eigenvalue weighted by atomic mass is 16.1. The van der Waals surface area contributed by atoms with Crippen LogP contribution in [0.3, 0.4) is 0 Å². The van der Waals surface area contributed by atoms with Crippen LogP contribution in [-0.4, -0.2) is 23.5 Å². The van der Waals surface area contributed by atoms with Crippen molar-refractivity contribution in [3.8, 4) is 12.3 Å². The number of aromatic nitrogens is 1. The van der Waals surface area contributed by atoms with Crippen LogP contribution in [0.15, 0.2) is 23.0 Å². The minimum atomic E-state index is -0.212. The van der Waals surface area contributed by atoms with Gasteiger partial charge in [0.25, 0.3) is 11.5 Å². The summed E-state index contributed by atoms with van der Waals surface area (Å²) in [6.07, 6.45) is 11.9. The molecular formula is C28H37N3O2. The van der Waals surface area contributed by atoms with Crippen molar-refractivity contribution in [2.75, 3.05) is 11.4 Å². The molecule has 1 fully saturated rings. The van der Waals surface area contributed by atoms with E-state index in [4.69, 9.17) is 6.42 Å². The van der Waals surface area contributed by atoms with Gasteiger partial charge in [0.2, 0.25) is 0 Å². The minimum Gasteiger partial charge on any atom is -0.369 e. The second-order valence-electron chi connectivity index (χ2n) is 9.31. The van der Waals surface area contributed by atoms with E-state index in [2.05, 4.69) is 35.0 Å². The number of anilines is 1. The highest BCUT2D eigenvalue weighted by Crippen LogP contribution is 2.34. The summed E-state index contributed by atoms with van der Waals surface area (Å²) in [5.74, 6) is 3.34. The molecule has 1 aromatic carbocycles. The van der Waals surface area contributed by atoms with Crippen LogP contribution in [0.4, 0.5) is 5.69 Å². The summed E-state index contributed by atoms with van der Waals surface area (Å²) >= 11 is 0. The van der Waals surface area contributed by atoms with Gasteiger partial charge in [-0.3, -0.25) is 9.59 Å². The third kappa shape index (κ3) is 5.50. The van der Waals surface area contributed by atoms with E-state index in [1.54, 1.807) is 6.07 Å². The average molecular weight is 448 g/mol. The number of carbonyl (C=O) groups excluding carboxylic acids is 1. The number of nitrogens with one attached hydrogen (secondary N) is 2. The molecule has 5 heteroatoms. The Bertz CT molecular complexity index is 1100. The molecule has 176 valence electrons. The van der Waals surface area contributed by atoms with Gasteiger partial charge in [-0.2, -0.15) is 0 Å². The van der Waals surface area contributed by atoms with Gasteiger partial charge in [-0.15, -0.1) is 6.42 Å². The number of terminal acetylenes is 1. The molecule has 0 unspecified atom stereocenters. The molecule has 1 heterocycles. The molecule has 0 saturated heterocycles. The molecule has 1 amide bonds. The lowest BCUT2D eigenvalue weighted by Crippen LogP contribution is -2.39. The maximum atomic E-state index is 13.2. The fraction of sp³-hybridized carbons (Fsp3) is 0.500. The largest absolute Gasteiger partial charge is 0.369 e. The number of rotatable bonds is 7. The predicted molar refractivity (Wildman–Crippen MR) is 136 cm³/mol. The normalized spacial score (nSPS) is 17.9. The molecule has 2 N–H and O–H groups in total. The molecule has 2 aromatic rings. The fourth-order valence-corrected chi connectivity index (χ4v) is 5.17. The number of nitrogens with zero attached hydrogens (tertiary/aromatic N) is 1. The van der Waals surface area contributed by atoms with E-state index in [1.807, 2.05) is 32.9 Å². The van der Waals surface area contributed by atoms with Crippen LogP contribution in [0.2, 0.25) is 0 Å². The summed E-state index contributed by atoms with van der Waals surface area (Å²) in [6, 6.07) is 6.20. The lowest BCUT2D eigenvalue weighted by atomic mass is 9.83. The Morgan fingerprint density at radius 2 is 1.85 bits per heavy atom. The maximum absolute atomic E-state index is 13.2. The van der Waals surface area contributed by atoms with Crippen molar-refractivity contribution in [3.05, 3.63) is 62.1 Å². The molecule has 0 spiro atoms. The lowest BCUT2D eigenvalue weighted by molar-refractivity contribution is 0.0950. The number of aryl methyl sites for hydroxylation is 2. The topological polar surface area (TPSA) is 65.2 Å². The summed E-state index contributed by atoms with van der Waals surface area (Å²) in [6.45, 7) is 11.2. The highest BCUT2D eigenvalue weighted by Gasteiger charge is 2.27. The molecule has 0 bridgehead atoms. The van der Waals surface area contributed by atoms with E-state index in [9.17, 15) is 9.59 Å². The summed E-state index contributed by atoms with van der Waals surface area (Å²) in [4.78, 5) is 30.8. The van der Waals surface area contributed by atoms with E-state index in [-0.39, 0.29) is 18.0 Å². The van der Waals surface area contributed by atoms with Crippen LogP contribution < -0.4 is 15.8 Å². The quantitative estimate of drug-likeness (QED) is 0.587. The Balaban J connectivity index is 1.87. The van der Waals surface area contributed by atoms with E-state index in [0.29, 0.717) is 22.7 Å². The average Bonchev–Trinajstić information content (AvgIpc) is 2.80. The standard InChI is InChI=1S/C28H37N3O2/c1-7-21-10-12-23(13-11-21)31(9-3)26-16-22(8-2)15-24(20(26)6)27(32)29-17-25-18(4)14-19(5)30-28(25)33/h2,14-16,21,23H,7,9-13,17H2,1,3-6H3,(H,29,32)(H,30,33)/t21-,23-. The summed E-state index contributed by atoms with van der Waals surface area (Å²) in [5.41, 5.74) is 5.33. The lowest BCUT2D eigenvalue weighted by Gasteiger charge is -2.39. The number of amides is 1. The molecular weight excluding hydrogens is 410 g/mol. The minimum absolute atomic E-state index is 0.164. The Labute approximate surface area is 198 Å². The van der Waals surface area contributed by atoms with E-state index in [1.165, 1.54) is 32.1 Å². The van der Waals surface area contributed by atoms with Crippen LogP contribution in [0.25, 0.3) is 0 Å². The molecule has 0 atom stereocenters. The van der Waals surface area contributed by atoms with Crippen molar-refractivity contribution in [2.24, 2.45) is 5.92 Å². The Kier molecular flexibility index (Phi) is 8.02. The zero-order valence-electron chi connectivity index (χ0n) is 20.7. The molecule has 0 radical (unpaired) electrons. The van der Waals surface area contributed by atoms with Crippen molar-refractivity contribution in [2.45, 2.75) is 79.3 Å². The first-order chi connectivity index (χ1) is 15.8. The Morgan fingerprint density at radius 1 is 1.15 bits per heavy atom. The van der Waals surface area contributed by atoms with Crippen LogP contribution >= 0.6 is 0 Å². The molecule has 1 aliphatic rings. The molecule has 5 nitrogen and oxygen atoms in total. The first-order valence-electron chi connectivity index (χ1n) is 12.1. The first kappa shape index (κ1) is 24.6. The van der Waals surface area contributed by atoms with Gasteiger partial charge in [0, 0.05) is 47.2 Å². The Hall–Kier alpha value is -3.00. The first-order valence-corrected chi connectivity index (χ1v) is 12.1. The summed E-state index contributed by atoms with van der Waals surface area (Å²) < 4.78 is 0. The van der Waals surface area contributed by atoms with Gasteiger partial charge in [0.05, 0.1) is 0 Å². The van der Waals surface area contributed by atoms with Gasteiger partial charge < -0.3 is 15.2 Å². The van der Waals surface area contributed by atoms with Crippen LogP contribution in [0.1, 0.15) is 84.3 Å². The monoisotopic (exact) mass is 447 g/mol. The van der Waals surface area contributed by atoms with E-state index >= 15 is 0 Å². The number of benzene rings is 1. The van der Waals surface area contributed by atoms with Gasteiger partial charge in [0.15, 0.2) is 0 Å². The zero-order valence-corrected chi connectivity index (χ0v) is 20.7. The van der Waals surface area contributed by atoms with Crippen molar-refractivity contribution in [1.29, 1.82) is 0 Å². The molecule has 33 heavy (non-hydrogen) atoms. The molecule has 1 aromatic heterocycles. The van der Waals surface area contributed by atoms with Crippen molar-refractivity contribution < 1.29 is 4.79 Å². The fourth-order valence-electron chi connectivity index (χ4n) is 5.17. The second-order valence-corrected chi connectivity index (χ2v) is 9.31. The number of pyridine rings is 1. The third-order valence-corrected chi connectivity index (χ3v) is 7.20. The molecule has 3 rings (SSSR count). The molecule has 1 aliphatic carbocycles. The number of H-pyrrole nitrogens is 1. The predicted octanol–water partition coefficient (Wildman–Crippen LogP) is 5.01. The molecule has 1 saturated carbocycles. The second kappa shape index (κ2) is 10.7. The Morgan fingerprint density at radius 3 is 2.42 bits per heavy atom. The third-order valence-electron chi connectivity index (χ3n) is 7.20. The maximum Gasteiger partial charge on any atom is 0.253 e. The van der Waals surface area contributed by atoms with Gasteiger partial charge in [-0.05, 0) is 88.6 Å². The summed E-state index contributed by atoms with van der Waals surface area (Å²) in [7, 11) is 0. The zero-order chi connectivity index (χ0) is 24.1. The van der Waals surface area contributed by atoms with Crippen molar-refractivity contribution in [3.63, 3.8) is 0 Å². The van der Waals surface area contributed by atoms with Crippen LogP contribution in [0, 0.1) is 39.0 Å². The number of aromatic amines is 1. The summed E-state index contributed by atoms with van der Waals surface area (Å²) in [5, 5.41) is 2.94. The van der Waals surface area contributed by atoms with Crippen LogP contribution in [-0.2, 0) is 6.54 Å². The van der Waals surface area contributed by atoms with Crippen molar-refractivity contribution >= 4 is 11.6 Å². The number of hydrogen-bond donors (Lipinski definition) is 2. The van der Waals surface area contributed by atoms with Gasteiger partial charge in [0.1, 0.15) is 0 Å². The molecule has 0 aliphatic heterocycles. The van der Waals surface area contributed by atoms with Gasteiger partial charge >= 0.3 is 0 Å². The highest BCUT2D eigenvalue weighted by molar-refractivity contribution is 5.97. The number of hydrogen-bond acceptors (Lipinski definition) is 3. The SMILES string of the molecule is C#Cc1cc(C(=O)NCc2c(C)cc(C)[nH]c2=O)c(C)c(N(CC)[C@H]2CC[C@H](CC)CC2)c1. The van der Waals surface area contributed by atoms with Gasteiger partial charge in [-0.1, -0.05) is 19.3 Å². The number of carbonyl (C=O) groups is 1. The van der Waals surface area contributed by atoms with Crippen molar-refractivity contribution in [1.82, 2.24) is 10.3 Å². The smallest absolute Gasteiger partial charge is 0.253 e.